The topological polar surface area (TPSA) is 106 Å². The lowest BCUT2D eigenvalue weighted by molar-refractivity contribution is 0.566. The van der Waals surface area contributed by atoms with Crippen LogP contribution in [0.15, 0.2) is 29.6 Å². The van der Waals surface area contributed by atoms with Crippen molar-refractivity contribution < 1.29 is 8.42 Å². The summed E-state index contributed by atoms with van der Waals surface area (Å²) in [6.07, 6.45) is 4.86. The Labute approximate surface area is 118 Å². The maximum atomic E-state index is 12.3. The highest BCUT2D eigenvalue weighted by molar-refractivity contribution is 7.89. The molecule has 0 aliphatic carbocycles. The van der Waals surface area contributed by atoms with Crippen LogP contribution in [-0.2, 0) is 23.1 Å². The number of aromatic amines is 1. The third kappa shape index (κ3) is 2.92. The fourth-order valence-electron chi connectivity index (χ4n) is 2.00. The predicted molar refractivity (Wildman–Crippen MR) is 75.3 cm³/mol. The zero-order chi connectivity index (χ0) is 14.8. The molecule has 110 valence electrons. The molecule has 2 rings (SSSR count). The molecule has 0 saturated carbocycles. The zero-order valence-corrected chi connectivity index (χ0v) is 12.3. The summed E-state index contributed by atoms with van der Waals surface area (Å²) in [7, 11) is -3.58. The number of hydrogen-bond acceptors (Lipinski definition) is 4. The molecular weight excluding hydrogens is 278 g/mol. The number of rotatable bonds is 6. The normalized spacial score (nSPS) is 13.6. The van der Waals surface area contributed by atoms with E-state index >= 15 is 0 Å². The second-order valence-electron chi connectivity index (χ2n) is 4.53. The second-order valence-corrected chi connectivity index (χ2v) is 6.25. The van der Waals surface area contributed by atoms with Gasteiger partial charge in [-0.2, -0.15) is 5.10 Å². The van der Waals surface area contributed by atoms with Crippen molar-refractivity contribution in [1.29, 1.82) is 0 Å². The van der Waals surface area contributed by atoms with Crippen molar-refractivity contribution in [2.75, 3.05) is 0 Å². The minimum absolute atomic E-state index is 0.232. The molecule has 2 aromatic heterocycles. The van der Waals surface area contributed by atoms with Crippen LogP contribution >= 0.6 is 0 Å². The van der Waals surface area contributed by atoms with Gasteiger partial charge in [0.2, 0.25) is 10.0 Å². The molecule has 20 heavy (non-hydrogen) atoms. The fourth-order valence-corrected chi connectivity index (χ4v) is 3.30. The van der Waals surface area contributed by atoms with E-state index in [2.05, 4.69) is 14.9 Å². The molecule has 0 spiro atoms. The van der Waals surface area contributed by atoms with E-state index in [1.807, 2.05) is 11.5 Å². The van der Waals surface area contributed by atoms with E-state index in [1.54, 1.807) is 31.6 Å². The van der Waals surface area contributed by atoms with Gasteiger partial charge in [-0.05, 0) is 19.9 Å². The van der Waals surface area contributed by atoms with Gasteiger partial charge in [-0.25, -0.2) is 13.1 Å². The van der Waals surface area contributed by atoms with Crippen LogP contribution in [0.25, 0.3) is 0 Å². The quantitative estimate of drug-likeness (QED) is 0.730. The Balaban J connectivity index is 2.24. The van der Waals surface area contributed by atoms with Gasteiger partial charge < -0.3 is 10.3 Å². The number of aromatic nitrogens is 3. The summed E-state index contributed by atoms with van der Waals surface area (Å²) in [4.78, 5) is 0.232. The molecule has 1 atom stereocenters. The van der Waals surface area contributed by atoms with Gasteiger partial charge in [-0.1, -0.05) is 0 Å². The molecule has 4 N–H and O–H groups in total. The monoisotopic (exact) mass is 297 g/mol. The molecule has 0 fully saturated rings. The van der Waals surface area contributed by atoms with Crippen molar-refractivity contribution in [2.45, 2.75) is 37.9 Å². The standard InChI is InChI=1S/C12H19N5O2S/c1-3-17-8-12(4-11(17)5-13)20(18,19)16-9(2)10-6-14-15-7-10/h4,6-9,16H,3,5,13H2,1-2H3,(H,14,15). The third-order valence-corrected chi connectivity index (χ3v) is 4.68. The van der Waals surface area contributed by atoms with Crippen LogP contribution < -0.4 is 10.5 Å². The first-order chi connectivity index (χ1) is 9.47. The van der Waals surface area contributed by atoms with Gasteiger partial charge in [0.1, 0.15) is 0 Å². The minimum Gasteiger partial charge on any atom is -0.349 e. The van der Waals surface area contributed by atoms with E-state index < -0.39 is 10.0 Å². The van der Waals surface area contributed by atoms with E-state index in [1.165, 1.54) is 0 Å². The lowest BCUT2D eigenvalue weighted by Crippen LogP contribution is -2.26. The number of nitrogens with two attached hydrogens (primary N) is 1. The first-order valence-corrected chi connectivity index (χ1v) is 7.86. The van der Waals surface area contributed by atoms with Gasteiger partial charge >= 0.3 is 0 Å². The summed E-state index contributed by atoms with van der Waals surface area (Å²) in [5, 5.41) is 6.47. The van der Waals surface area contributed by atoms with Crippen LogP contribution in [0.5, 0.6) is 0 Å². The Kier molecular flexibility index (Phi) is 4.26. The molecule has 2 heterocycles. The maximum absolute atomic E-state index is 12.3. The van der Waals surface area contributed by atoms with Gasteiger partial charge in [-0.3, -0.25) is 5.10 Å². The Bertz CT molecular complexity index is 639. The molecular formula is C12H19N5O2S. The number of nitrogens with one attached hydrogen (secondary N) is 2. The Morgan fingerprint density at radius 3 is 2.80 bits per heavy atom. The number of hydrogen-bond donors (Lipinski definition) is 3. The molecule has 0 aliphatic rings. The molecule has 0 bridgehead atoms. The van der Waals surface area contributed by atoms with Crippen molar-refractivity contribution in [3.63, 3.8) is 0 Å². The summed E-state index contributed by atoms with van der Waals surface area (Å²) >= 11 is 0. The molecule has 0 aliphatic heterocycles. The molecule has 0 amide bonds. The lowest BCUT2D eigenvalue weighted by atomic mass is 10.2. The zero-order valence-electron chi connectivity index (χ0n) is 11.5. The van der Waals surface area contributed by atoms with Crippen LogP contribution in [0, 0.1) is 0 Å². The van der Waals surface area contributed by atoms with E-state index in [-0.39, 0.29) is 10.9 Å². The van der Waals surface area contributed by atoms with Crippen LogP contribution in [0.4, 0.5) is 0 Å². The first-order valence-electron chi connectivity index (χ1n) is 6.38. The highest BCUT2D eigenvalue weighted by Gasteiger charge is 2.21. The van der Waals surface area contributed by atoms with Crippen molar-refractivity contribution in [3.05, 3.63) is 35.9 Å². The average Bonchev–Trinajstić information content (AvgIpc) is 3.07. The summed E-state index contributed by atoms with van der Waals surface area (Å²) in [5.41, 5.74) is 7.19. The Hall–Kier alpha value is -1.64. The van der Waals surface area contributed by atoms with Crippen molar-refractivity contribution in [1.82, 2.24) is 19.5 Å². The second kappa shape index (κ2) is 5.78. The fraction of sp³-hybridized carbons (Fsp3) is 0.417. The van der Waals surface area contributed by atoms with E-state index in [9.17, 15) is 8.42 Å². The minimum atomic E-state index is -3.58. The summed E-state index contributed by atoms with van der Waals surface area (Å²) in [5.74, 6) is 0. The molecule has 7 nitrogen and oxygen atoms in total. The lowest BCUT2D eigenvalue weighted by Gasteiger charge is -2.11. The van der Waals surface area contributed by atoms with E-state index in [0.717, 1.165) is 11.3 Å². The maximum Gasteiger partial charge on any atom is 0.242 e. The number of aryl methyl sites for hydroxylation is 1. The summed E-state index contributed by atoms with van der Waals surface area (Å²) in [6.45, 7) is 4.69. The van der Waals surface area contributed by atoms with Crippen molar-refractivity contribution >= 4 is 10.0 Å². The molecule has 1 unspecified atom stereocenters. The van der Waals surface area contributed by atoms with Gasteiger partial charge in [0.15, 0.2) is 0 Å². The predicted octanol–water partition coefficient (Wildman–Crippen LogP) is 0.729. The molecule has 0 aromatic carbocycles. The van der Waals surface area contributed by atoms with Crippen LogP contribution in [0.2, 0.25) is 0 Å². The number of H-pyrrole nitrogens is 1. The van der Waals surface area contributed by atoms with E-state index in [4.69, 9.17) is 5.73 Å². The number of nitrogens with zero attached hydrogens (tertiary/aromatic N) is 2. The first kappa shape index (κ1) is 14.8. The Morgan fingerprint density at radius 1 is 1.55 bits per heavy atom. The van der Waals surface area contributed by atoms with Crippen LogP contribution in [0.3, 0.4) is 0 Å². The van der Waals surface area contributed by atoms with Crippen LogP contribution in [0.1, 0.15) is 31.1 Å². The largest absolute Gasteiger partial charge is 0.349 e. The molecule has 2 aromatic rings. The van der Waals surface area contributed by atoms with Gasteiger partial charge in [0, 0.05) is 42.8 Å². The third-order valence-electron chi connectivity index (χ3n) is 3.17. The summed E-state index contributed by atoms with van der Waals surface area (Å²) in [6, 6.07) is 1.25. The molecule has 0 radical (unpaired) electrons. The van der Waals surface area contributed by atoms with E-state index in [0.29, 0.717) is 13.1 Å². The van der Waals surface area contributed by atoms with Gasteiger partial charge in [0.25, 0.3) is 0 Å². The highest BCUT2D eigenvalue weighted by atomic mass is 32.2. The SMILES string of the molecule is CCn1cc(S(=O)(=O)NC(C)c2cn[nH]c2)cc1CN. The molecule has 0 saturated heterocycles. The number of sulfonamides is 1. The average molecular weight is 297 g/mol. The van der Waals surface area contributed by atoms with Crippen molar-refractivity contribution in [2.24, 2.45) is 5.73 Å². The summed E-state index contributed by atoms with van der Waals surface area (Å²) < 4.78 is 29.1. The van der Waals surface area contributed by atoms with Crippen molar-refractivity contribution in [3.8, 4) is 0 Å². The van der Waals surface area contributed by atoms with Gasteiger partial charge in [0.05, 0.1) is 11.1 Å². The van der Waals surface area contributed by atoms with Gasteiger partial charge in [-0.15, -0.1) is 0 Å². The smallest absolute Gasteiger partial charge is 0.242 e. The Morgan fingerprint density at radius 2 is 2.30 bits per heavy atom. The molecule has 8 heteroatoms. The van der Waals surface area contributed by atoms with Crippen LogP contribution in [-0.4, -0.2) is 23.2 Å². The highest BCUT2D eigenvalue weighted by Crippen LogP contribution is 2.18.